The van der Waals surface area contributed by atoms with E-state index in [0.717, 1.165) is 4.90 Å². The molecular weight excluding hydrogens is 814 g/mol. The summed E-state index contributed by atoms with van der Waals surface area (Å²) in [6, 6.07) is 7.22. The molecule has 8 nitrogen and oxygen atoms in total. The van der Waals surface area contributed by atoms with Crippen molar-refractivity contribution in [3.63, 3.8) is 0 Å². The number of imide groups is 2. The molecule has 4 amide bonds. The molecule has 0 radical (unpaired) electrons. The number of hydrogen-bond donors (Lipinski definition) is 1. The van der Waals surface area contributed by atoms with E-state index < -0.39 is 104 Å². The second-order valence-electron chi connectivity index (χ2n) is 12.7. The number of alkyl halides is 2. The van der Waals surface area contributed by atoms with Gasteiger partial charge in [0.1, 0.15) is 5.69 Å². The summed E-state index contributed by atoms with van der Waals surface area (Å²) >= 11 is 23.9. The molecule has 3 aromatic carbocycles. The zero-order valence-corrected chi connectivity index (χ0v) is 29.8. The number of hydrogen-bond acceptors (Lipinski definition) is 6. The van der Waals surface area contributed by atoms with Crippen molar-refractivity contribution >= 4 is 85.7 Å². The van der Waals surface area contributed by atoms with E-state index in [1.165, 1.54) is 37.5 Å². The van der Waals surface area contributed by atoms with Gasteiger partial charge in [0.05, 0.1) is 24.6 Å². The van der Waals surface area contributed by atoms with Crippen molar-refractivity contribution in [3.8, 4) is 11.5 Å². The number of allylic oxidation sites excluding steroid dienone is 2. The molecule has 2 heterocycles. The molecular formula is C34H21BrCl3F5N2O6. The number of halogens is 9. The third-order valence-corrected chi connectivity index (χ3v) is 12.5. The van der Waals surface area contributed by atoms with Crippen LogP contribution in [0.25, 0.3) is 0 Å². The van der Waals surface area contributed by atoms with Crippen LogP contribution < -0.4 is 14.5 Å². The average Bonchev–Trinajstić information content (AvgIpc) is 3.43. The van der Waals surface area contributed by atoms with Gasteiger partial charge in [-0.3, -0.25) is 19.2 Å². The Balaban J connectivity index is 1.46. The van der Waals surface area contributed by atoms with E-state index >= 15 is 8.78 Å². The number of phenolic OH excluding ortho intramolecular Hbond substituents is 1. The minimum atomic E-state index is -2.82. The second-order valence-corrected chi connectivity index (χ2v) is 15.2. The van der Waals surface area contributed by atoms with Gasteiger partial charge in [-0.05, 0) is 55.5 Å². The highest BCUT2D eigenvalue weighted by atomic mass is 79.9. The van der Waals surface area contributed by atoms with Crippen molar-refractivity contribution in [2.75, 3.05) is 16.9 Å². The van der Waals surface area contributed by atoms with Gasteiger partial charge in [-0.15, -0.1) is 23.2 Å². The summed E-state index contributed by atoms with van der Waals surface area (Å²) in [5.74, 6) is -23.0. The minimum absolute atomic E-state index is 0.0920. The Labute approximate surface area is 308 Å². The number of fused-ring (bicyclic) bond motifs is 4. The second kappa shape index (κ2) is 11.9. The maximum Gasteiger partial charge on any atom is 0.258 e. The van der Waals surface area contributed by atoms with Crippen molar-refractivity contribution in [2.45, 2.75) is 35.4 Å². The van der Waals surface area contributed by atoms with Crippen LogP contribution in [0.5, 0.6) is 11.5 Å². The van der Waals surface area contributed by atoms with Crippen LogP contribution in [-0.2, 0) is 19.2 Å². The Hall–Kier alpha value is -3.72. The van der Waals surface area contributed by atoms with Crippen LogP contribution in [0.2, 0.25) is 5.02 Å². The first-order valence-corrected chi connectivity index (χ1v) is 17.0. The van der Waals surface area contributed by atoms with Gasteiger partial charge in [0.25, 0.3) is 11.8 Å². The molecule has 6 atom stereocenters. The van der Waals surface area contributed by atoms with Crippen molar-refractivity contribution in [2.24, 2.45) is 17.8 Å². The van der Waals surface area contributed by atoms with Crippen molar-refractivity contribution in [3.05, 3.63) is 91.7 Å². The number of aryl methyl sites for hydroxylation is 1. The number of methoxy groups -OCH3 is 1. The standard InChI is InChI=1S/C34H21BrCl3F5N2O6/c1-11-3-4-13(9-18(11)36)44-29(47)15-6-5-14-17(20(15)30(44)48)10-33(37)31(49)45(27-25(42)23(40)22(39)24(41)26(27)43)32(50)34(33,38)21(14)16-7-12(35)8-19(51-2)28(16)46/h3-5,7-9,15,17,20-21,46H,6,10H2,1-2H3. The smallest absolute Gasteiger partial charge is 0.258 e. The summed E-state index contributed by atoms with van der Waals surface area (Å²) in [4.78, 5) is 52.0. The molecule has 0 aromatic heterocycles. The third kappa shape index (κ3) is 4.61. The molecule has 266 valence electrons. The molecule has 0 spiro atoms. The molecule has 51 heavy (non-hydrogen) atoms. The quantitative estimate of drug-likeness (QED) is 0.0726. The number of carbonyl (C=O) groups excluding carboxylic acids is 4. The minimum Gasteiger partial charge on any atom is -0.504 e. The van der Waals surface area contributed by atoms with E-state index in [9.17, 15) is 37.5 Å². The highest BCUT2D eigenvalue weighted by Gasteiger charge is 2.77. The van der Waals surface area contributed by atoms with Gasteiger partial charge < -0.3 is 9.84 Å². The number of anilines is 2. The molecule has 1 saturated carbocycles. The van der Waals surface area contributed by atoms with Crippen molar-refractivity contribution in [1.82, 2.24) is 0 Å². The molecule has 2 saturated heterocycles. The zero-order valence-electron chi connectivity index (χ0n) is 26.0. The first kappa shape index (κ1) is 35.7. The number of aromatic hydroxyl groups is 1. The van der Waals surface area contributed by atoms with Gasteiger partial charge in [-0.1, -0.05) is 45.2 Å². The van der Waals surface area contributed by atoms with Crippen LogP contribution in [0.15, 0.2) is 46.5 Å². The number of ether oxygens (including phenoxy) is 1. The molecule has 7 rings (SSSR count). The highest BCUT2D eigenvalue weighted by Crippen LogP contribution is 2.67. The number of benzene rings is 3. The Morgan fingerprint density at radius 2 is 1.51 bits per heavy atom. The monoisotopic (exact) mass is 832 g/mol. The molecule has 4 aliphatic rings. The maximum absolute atomic E-state index is 15.3. The van der Waals surface area contributed by atoms with Gasteiger partial charge in [0.2, 0.25) is 17.6 Å². The lowest BCUT2D eigenvalue weighted by Crippen LogP contribution is -2.60. The molecule has 2 aliphatic carbocycles. The lowest BCUT2D eigenvalue weighted by atomic mass is 9.56. The van der Waals surface area contributed by atoms with Gasteiger partial charge >= 0.3 is 0 Å². The summed E-state index contributed by atoms with van der Waals surface area (Å²) in [7, 11) is 1.21. The lowest BCUT2D eigenvalue weighted by molar-refractivity contribution is -0.125. The van der Waals surface area contributed by atoms with Crippen molar-refractivity contribution in [1.29, 1.82) is 0 Å². The van der Waals surface area contributed by atoms with E-state index in [4.69, 9.17) is 39.5 Å². The number of carbonyl (C=O) groups is 4. The fraction of sp³-hybridized carbons (Fsp3) is 0.294. The van der Waals surface area contributed by atoms with Crippen LogP contribution >= 0.6 is 50.7 Å². The molecule has 3 fully saturated rings. The maximum atomic E-state index is 15.3. The summed E-state index contributed by atoms with van der Waals surface area (Å²) in [5, 5.41) is 11.7. The summed E-state index contributed by atoms with van der Waals surface area (Å²) < 4.78 is 79.1. The van der Waals surface area contributed by atoms with E-state index in [2.05, 4.69) is 15.9 Å². The summed E-state index contributed by atoms with van der Waals surface area (Å²) in [6.45, 7) is 1.72. The Bertz CT molecular complexity index is 2160. The molecule has 17 heteroatoms. The van der Waals surface area contributed by atoms with Crippen LogP contribution in [-0.4, -0.2) is 45.6 Å². The molecule has 6 unspecified atom stereocenters. The van der Waals surface area contributed by atoms with Crippen LogP contribution in [0.1, 0.15) is 29.9 Å². The predicted molar refractivity (Wildman–Crippen MR) is 177 cm³/mol. The number of rotatable bonds is 4. The number of phenols is 1. The SMILES string of the molecule is COc1cc(Br)cc(C2C3=CCC4C(=O)N(c5ccc(C)c(Cl)c5)C(=O)C4C3CC3(Cl)C(=O)N(c4c(F)c(F)c(F)c(F)c4F)C(=O)C23Cl)c1O. The lowest BCUT2D eigenvalue weighted by Gasteiger charge is -2.50. The molecule has 2 aliphatic heterocycles. The number of nitrogens with zero attached hydrogens (tertiary/aromatic N) is 2. The zero-order chi connectivity index (χ0) is 37.2. The largest absolute Gasteiger partial charge is 0.504 e. The van der Waals surface area contributed by atoms with Crippen LogP contribution in [0, 0.1) is 53.8 Å². The van der Waals surface area contributed by atoms with Gasteiger partial charge in [-0.25, -0.2) is 31.8 Å². The average molecular weight is 835 g/mol. The van der Waals surface area contributed by atoms with E-state index in [0.29, 0.717) is 5.56 Å². The van der Waals surface area contributed by atoms with E-state index in [-0.39, 0.29) is 43.4 Å². The van der Waals surface area contributed by atoms with Gasteiger partial charge in [0, 0.05) is 21.0 Å². The summed E-state index contributed by atoms with van der Waals surface area (Å²) in [6.07, 6.45) is 0.719. The van der Waals surface area contributed by atoms with E-state index in [1.807, 2.05) is 0 Å². The molecule has 0 bridgehead atoms. The highest BCUT2D eigenvalue weighted by molar-refractivity contribution is 9.10. The van der Waals surface area contributed by atoms with Gasteiger partial charge in [0.15, 0.2) is 44.5 Å². The fourth-order valence-electron chi connectivity index (χ4n) is 7.86. The fourth-order valence-corrected chi connectivity index (χ4v) is 9.41. The van der Waals surface area contributed by atoms with Crippen molar-refractivity contribution < 1.29 is 51.0 Å². The Morgan fingerprint density at radius 1 is 0.882 bits per heavy atom. The Kier molecular flexibility index (Phi) is 8.33. The van der Waals surface area contributed by atoms with E-state index in [1.54, 1.807) is 13.0 Å². The first-order chi connectivity index (χ1) is 23.9. The third-order valence-electron chi connectivity index (χ3n) is 10.2. The topological polar surface area (TPSA) is 104 Å². The number of amides is 4. The van der Waals surface area contributed by atoms with Gasteiger partial charge in [-0.2, -0.15) is 0 Å². The molecule has 1 N–H and O–H groups in total. The summed E-state index contributed by atoms with van der Waals surface area (Å²) in [5.41, 5.74) is -1.12. The van der Waals surface area contributed by atoms with Crippen LogP contribution in [0.4, 0.5) is 33.3 Å². The van der Waals surface area contributed by atoms with Crippen LogP contribution in [0.3, 0.4) is 0 Å². The Morgan fingerprint density at radius 3 is 2.12 bits per heavy atom. The normalized spacial score (nSPS) is 28.6. The predicted octanol–water partition coefficient (Wildman–Crippen LogP) is 7.59. The molecule has 3 aromatic rings. The first-order valence-electron chi connectivity index (χ1n) is 15.1.